The summed E-state index contributed by atoms with van der Waals surface area (Å²) < 4.78 is 7.07. The quantitative estimate of drug-likeness (QED) is 0.798. The predicted octanol–water partition coefficient (Wildman–Crippen LogP) is 2.22. The van der Waals surface area contributed by atoms with Crippen LogP contribution in [0.15, 0.2) is 47.4 Å². The van der Waals surface area contributed by atoms with Crippen molar-refractivity contribution in [3.8, 4) is 0 Å². The van der Waals surface area contributed by atoms with Crippen LogP contribution in [-0.2, 0) is 6.54 Å². The van der Waals surface area contributed by atoms with E-state index in [2.05, 4.69) is 20.4 Å². The third-order valence-corrected chi connectivity index (χ3v) is 2.79. The van der Waals surface area contributed by atoms with Crippen LogP contribution >= 0.6 is 11.6 Å². The van der Waals surface area contributed by atoms with Crippen LogP contribution in [-0.4, -0.2) is 25.7 Å². The van der Waals surface area contributed by atoms with E-state index in [0.717, 1.165) is 0 Å². The molecule has 3 heterocycles. The molecular weight excluding hydrogens is 294 g/mol. The van der Waals surface area contributed by atoms with Gasteiger partial charge in [0.05, 0.1) is 17.8 Å². The van der Waals surface area contributed by atoms with Gasteiger partial charge < -0.3 is 4.42 Å². The normalized spacial score (nSPS) is 10.5. The van der Waals surface area contributed by atoms with Gasteiger partial charge in [-0.25, -0.2) is 9.97 Å². The number of nitrogens with one attached hydrogen (secondary N) is 1. The van der Waals surface area contributed by atoms with E-state index in [-0.39, 0.29) is 11.7 Å². The Morgan fingerprint density at radius 3 is 2.86 bits per heavy atom. The molecule has 3 rings (SSSR count). The number of hydrogen-bond acceptors (Lipinski definition) is 5. The number of rotatable bonds is 4. The standard InChI is InChI=1S/C13H10ClN5O2/c14-9-6-17-19(7-9)8-10-2-3-11(21-10)12(20)18-13-15-4-1-5-16-13/h1-7H,8H2,(H,15,16,18,20). The van der Waals surface area contributed by atoms with Crippen LogP contribution in [0.1, 0.15) is 16.3 Å². The van der Waals surface area contributed by atoms with E-state index in [0.29, 0.717) is 17.3 Å². The van der Waals surface area contributed by atoms with E-state index in [1.165, 1.54) is 18.6 Å². The highest BCUT2D eigenvalue weighted by Crippen LogP contribution is 2.12. The van der Waals surface area contributed by atoms with Crippen molar-refractivity contribution >= 4 is 23.5 Å². The lowest BCUT2D eigenvalue weighted by molar-refractivity contribution is 0.0994. The molecule has 0 bridgehead atoms. The van der Waals surface area contributed by atoms with Crippen molar-refractivity contribution in [3.63, 3.8) is 0 Å². The van der Waals surface area contributed by atoms with Crippen LogP contribution in [0.2, 0.25) is 5.02 Å². The molecule has 3 aromatic heterocycles. The summed E-state index contributed by atoms with van der Waals surface area (Å²) in [5, 5.41) is 7.12. The first-order valence-corrected chi connectivity index (χ1v) is 6.43. The summed E-state index contributed by atoms with van der Waals surface area (Å²) in [6.07, 6.45) is 6.28. The van der Waals surface area contributed by atoms with E-state index in [4.69, 9.17) is 16.0 Å². The molecule has 0 radical (unpaired) electrons. The summed E-state index contributed by atoms with van der Waals surface area (Å²) in [7, 11) is 0. The van der Waals surface area contributed by atoms with Crippen LogP contribution in [0.5, 0.6) is 0 Å². The fourth-order valence-corrected chi connectivity index (χ4v) is 1.85. The van der Waals surface area contributed by atoms with Gasteiger partial charge in [-0.2, -0.15) is 5.10 Å². The highest BCUT2D eigenvalue weighted by molar-refractivity contribution is 6.30. The first-order valence-electron chi connectivity index (χ1n) is 6.06. The van der Waals surface area contributed by atoms with Gasteiger partial charge in [0.25, 0.3) is 5.91 Å². The molecule has 0 aliphatic carbocycles. The molecule has 1 amide bonds. The molecule has 0 aliphatic rings. The fourth-order valence-electron chi connectivity index (χ4n) is 1.70. The molecule has 7 nitrogen and oxygen atoms in total. The largest absolute Gasteiger partial charge is 0.454 e. The van der Waals surface area contributed by atoms with Gasteiger partial charge in [0.2, 0.25) is 5.95 Å². The second kappa shape index (κ2) is 5.76. The summed E-state index contributed by atoms with van der Waals surface area (Å²) in [6.45, 7) is 0.391. The Balaban J connectivity index is 1.68. The number of nitrogens with zero attached hydrogens (tertiary/aromatic N) is 4. The van der Waals surface area contributed by atoms with Gasteiger partial charge in [-0.15, -0.1) is 0 Å². The molecule has 0 aromatic carbocycles. The minimum Gasteiger partial charge on any atom is -0.454 e. The minimum absolute atomic E-state index is 0.177. The van der Waals surface area contributed by atoms with Crippen molar-refractivity contribution in [2.45, 2.75) is 6.54 Å². The minimum atomic E-state index is -0.411. The molecule has 0 unspecified atom stereocenters. The van der Waals surface area contributed by atoms with E-state index >= 15 is 0 Å². The zero-order valence-corrected chi connectivity index (χ0v) is 11.5. The molecule has 21 heavy (non-hydrogen) atoms. The van der Waals surface area contributed by atoms with E-state index in [9.17, 15) is 4.79 Å². The zero-order valence-electron chi connectivity index (χ0n) is 10.7. The molecule has 0 aliphatic heterocycles. The maximum absolute atomic E-state index is 12.0. The molecule has 0 saturated heterocycles. The van der Waals surface area contributed by atoms with Crippen LogP contribution in [0.4, 0.5) is 5.95 Å². The summed E-state index contributed by atoms with van der Waals surface area (Å²) in [6, 6.07) is 4.95. The maximum atomic E-state index is 12.0. The first kappa shape index (κ1) is 13.3. The van der Waals surface area contributed by atoms with Crippen LogP contribution < -0.4 is 5.32 Å². The lowest BCUT2D eigenvalue weighted by atomic mass is 10.4. The Kier molecular flexibility index (Phi) is 3.65. The Hall–Kier alpha value is -2.67. The van der Waals surface area contributed by atoms with Crippen molar-refractivity contribution in [2.24, 2.45) is 0 Å². The van der Waals surface area contributed by atoms with E-state index < -0.39 is 5.91 Å². The third kappa shape index (κ3) is 3.26. The lowest BCUT2D eigenvalue weighted by Crippen LogP contribution is -2.13. The molecule has 1 N–H and O–H groups in total. The lowest BCUT2D eigenvalue weighted by Gasteiger charge is -2.00. The van der Waals surface area contributed by atoms with Crippen LogP contribution in [0.3, 0.4) is 0 Å². The van der Waals surface area contributed by atoms with Crippen LogP contribution in [0.25, 0.3) is 0 Å². The molecule has 8 heteroatoms. The number of amides is 1. The smallest absolute Gasteiger partial charge is 0.293 e. The van der Waals surface area contributed by atoms with Gasteiger partial charge in [0, 0.05) is 18.6 Å². The zero-order chi connectivity index (χ0) is 14.7. The summed E-state index contributed by atoms with van der Waals surface area (Å²) in [4.78, 5) is 19.8. The van der Waals surface area contributed by atoms with Crippen LogP contribution in [0, 0.1) is 0 Å². The molecule has 3 aromatic rings. The Morgan fingerprint density at radius 1 is 1.33 bits per heavy atom. The Labute approximate surface area is 124 Å². The summed E-state index contributed by atoms with van der Waals surface area (Å²) >= 11 is 5.78. The molecule has 106 valence electrons. The average molecular weight is 304 g/mol. The molecule has 0 atom stereocenters. The van der Waals surface area contributed by atoms with Gasteiger partial charge in [0.1, 0.15) is 5.76 Å². The molecular formula is C13H10ClN5O2. The fraction of sp³-hybridized carbons (Fsp3) is 0.0769. The first-order chi connectivity index (χ1) is 10.2. The van der Waals surface area contributed by atoms with E-state index in [1.807, 2.05) is 0 Å². The van der Waals surface area contributed by atoms with Crippen molar-refractivity contribution in [1.29, 1.82) is 0 Å². The van der Waals surface area contributed by atoms with Crippen molar-refractivity contribution in [3.05, 3.63) is 59.5 Å². The van der Waals surface area contributed by atoms with Gasteiger partial charge >= 0.3 is 0 Å². The number of hydrogen-bond donors (Lipinski definition) is 1. The topological polar surface area (TPSA) is 85.8 Å². The van der Waals surface area contributed by atoms with Gasteiger partial charge in [-0.05, 0) is 18.2 Å². The molecule has 0 spiro atoms. The molecule has 0 saturated carbocycles. The Morgan fingerprint density at radius 2 is 2.14 bits per heavy atom. The van der Waals surface area contributed by atoms with E-state index in [1.54, 1.807) is 29.1 Å². The average Bonchev–Trinajstić information content (AvgIpc) is 3.10. The second-order valence-electron chi connectivity index (χ2n) is 4.15. The summed E-state index contributed by atoms with van der Waals surface area (Å²) in [5.74, 6) is 0.579. The highest BCUT2D eigenvalue weighted by atomic mass is 35.5. The maximum Gasteiger partial charge on any atom is 0.293 e. The van der Waals surface area contributed by atoms with Gasteiger partial charge in [0.15, 0.2) is 5.76 Å². The number of halogens is 1. The Bertz CT molecular complexity index is 753. The second-order valence-corrected chi connectivity index (χ2v) is 4.59. The van der Waals surface area contributed by atoms with Crippen molar-refractivity contribution in [1.82, 2.24) is 19.7 Å². The number of carbonyl (C=O) groups is 1. The highest BCUT2D eigenvalue weighted by Gasteiger charge is 2.13. The van der Waals surface area contributed by atoms with Gasteiger partial charge in [-0.1, -0.05) is 11.6 Å². The third-order valence-electron chi connectivity index (χ3n) is 2.60. The SMILES string of the molecule is O=C(Nc1ncccn1)c1ccc(Cn2cc(Cl)cn2)o1. The van der Waals surface area contributed by atoms with Crippen molar-refractivity contribution < 1.29 is 9.21 Å². The molecule has 0 fully saturated rings. The predicted molar refractivity (Wildman–Crippen MR) is 75.0 cm³/mol. The number of anilines is 1. The van der Waals surface area contributed by atoms with Gasteiger partial charge in [-0.3, -0.25) is 14.8 Å². The summed E-state index contributed by atoms with van der Waals surface area (Å²) in [5.41, 5.74) is 0. The monoisotopic (exact) mass is 303 g/mol. The number of carbonyl (C=O) groups excluding carboxylic acids is 1. The number of furan rings is 1. The number of aromatic nitrogens is 4. The van der Waals surface area contributed by atoms with Crippen molar-refractivity contribution in [2.75, 3.05) is 5.32 Å².